The van der Waals surface area contributed by atoms with Crippen LogP contribution in [0.1, 0.15) is 5.69 Å². The average molecular weight is 439 g/mol. The van der Waals surface area contributed by atoms with E-state index in [1.807, 2.05) is 0 Å². The van der Waals surface area contributed by atoms with Gasteiger partial charge in [-0.05, 0) is 18.2 Å². The molecule has 2 fully saturated rings. The van der Waals surface area contributed by atoms with E-state index in [0.717, 1.165) is 0 Å². The minimum Gasteiger partial charge on any atom is -0.470 e. The number of aromatic amines is 1. The Hall–Kier alpha value is -2.17. The molecule has 0 aliphatic carbocycles. The van der Waals surface area contributed by atoms with Gasteiger partial charge < -0.3 is 29.0 Å². The first-order valence-corrected chi connectivity index (χ1v) is 9.70. The van der Waals surface area contributed by atoms with E-state index in [4.69, 9.17) is 42.1 Å². The number of aliphatic hydroxyl groups excluding tert-OH is 1. The van der Waals surface area contributed by atoms with Crippen LogP contribution >= 0.6 is 23.2 Å². The fourth-order valence-corrected chi connectivity index (χ4v) is 3.77. The van der Waals surface area contributed by atoms with Crippen molar-refractivity contribution in [3.05, 3.63) is 40.1 Å². The van der Waals surface area contributed by atoms with Gasteiger partial charge in [-0.25, -0.2) is 0 Å². The standard InChI is InChI=1S/C18H16Cl2N4O5/c19-8-2-1-3-21-11(8)5-28-17-9(20)4-10-16(23-17)24-18(22-10)29-13-7-27-14-12(25)6-26-15(13)14/h1-4,12-15,25H,5-7H2,(H,22,23,24)/t12-,13-,14-,15-/m1/s1. The van der Waals surface area contributed by atoms with Crippen molar-refractivity contribution in [2.45, 2.75) is 31.0 Å². The Kier molecular flexibility index (Phi) is 4.92. The molecule has 0 saturated carbocycles. The van der Waals surface area contributed by atoms with Gasteiger partial charge in [-0.3, -0.25) is 4.98 Å². The second kappa shape index (κ2) is 7.58. The van der Waals surface area contributed by atoms with Crippen LogP contribution in [0.5, 0.6) is 11.9 Å². The second-order valence-electron chi connectivity index (χ2n) is 6.73. The molecule has 2 aliphatic heterocycles. The molecule has 5 rings (SSSR count). The summed E-state index contributed by atoms with van der Waals surface area (Å²) in [5.41, 5.74) is 1.55. The van der Waals surface area contributed by atoms with Crippen LogP contribution in [-0.2, 0) is 16.1 Å². The molecule has 0 aromatic carbocycles. The second-order valence-corrected chi connectivity index (χ2v) is 7.54. The van der Waals surface area contributed by atoms with Gasteiger partial charge >= 0.3 is 0 Å². The van der Waals surface area contributed by atoms with Crippen molar-refractivity contribution in [2.75, 3.05) is 13.2 Å². The number of hydrogen-bond donors (Lipinski definition) is 2. The van der Waals surface area contributed by atoms with E-state index in [0.29, 0.717) is 33.5 Å². The molecule has 2 aliphatic rings. The summed E-state index contributed by atoms with van der Waals surface area (Å²) in [7, 11) is 0. The van der Waals surface area contributed by atoms with Crippen LogP contribution < -0.4 is 9.47 Å². The Morgan fingerprint density at radius 3 is 2.90 bits per heavy atom. The van der Waals surface area contributed by atoms with Crippen molar-refractivity contribution >= 4 is 34.4 Å². The number of nitrogens with one attached hydrogen (secondary N) is 1. The SMILES string of the molecule is O[C@@H]1CO[C@H]2[C@@H]1OC[C@H]2Oc1nc2nc(OCc3ncccc3Cl)c(Cl)cc2[nH]1. The summed E-state index contributed by atoms with van der Waals surface area (Å²) >= 11 is 12.4. The lowest BCUT2D eigenvalue weighted by molar-refractivity contribution is 0.00706. The smallest absolute Gasteiger partial charge is 0.296 e. The molecule has 0 bridgehead atoms. The summed E-state index contributed by atoms with van der Waals surface area (Å²) in [6.07, 6.45) is -0.107. The molecule has 5 heterocycles. The number of ether oxygens (including phenoxy) is 4. The monoisotopic (exact) mass is 438 g/mol. The Bertz CT molecular complexity index is 1050. The van der Waals surface area contributed by atoms with Gasteiger partial charge in [0.15, 0.2) is 11.8 Å². The highest BCUT2D eigenvalue weighted by molar-refractivity contribution is 6.32. The average Bonchev–Trinajstić information content (AvgIpc) is 3.38. The molecule has 0 amide bonds. The molecule has 4 atom stereocenters. The van der Waals surface area contributed by atoms with Gasteiger partial charge in [0.05, 0.1) is 29.4 Å². The Morgan fingerprint density at radius 1 is 1.17 bits per heavy atom. The zero-order valence-electron chi connectivity index (χ0n) is 14.9. The summed E-state index contributed by atoms with van der Waals surface area (Å²) in [4.78, 5) is 15.9. The highest BCUT2D eigenvalue weighted by Gasteiger charge is 2.48. The minimum absolute atomic E-state index is 0.119. The van der Waals surface area contributed by atoms with Crippen molar-refractivity contribution in [3.8, 4) is 11.9 Å². The lowest BCUT2D eigenvalue weighted by atomic mass is 10.1. The number of halogens is 2. The fraction of sp³-hybridized carbons (Fsp3) is 0.389. The van der Waals surface area contributed by atoms with Gasteiger partial charge in [0.1, 0.15) is 29.9 Å². The molecule has 11 heteroatoms. The van der Waals surface area contributed by atoms with Gasteiger partial charge in [-0.15, -0.1) is 0 Å². The number of imidazole rings is 1. The quantitative estimate of drug-likeness (QED) is 0.622. The van der Waals surface area contributed by atoms with Gasteiger partial charge in [0, 0.05) is 6.20 Å². The number of H-pyrrole nitrogens is 1. The van der Waals surface area contributed by atoms with Gasteiger partial charge in [-0.1, -0.05) is 23.2 Å². The highest BCUT2D eigenvalue weighted by atomic mass is 35.5. The first-order valence-electron chi connectivity index (χ1n) is 8.95. The normalized spacial score (nSPS) is 26.0. The minimum atomic E-state index is -0.642. The van der Waals surface area contributed by atoms with E-state index in [-0.39, 0.29) is 43.4 Å². The predicted molar refractivity (Wildman–Crippen MR) is 102 cm³/mol. The molecular formula is C18H16Cl2N4O5. The summed E-state index contributed by atoms with van der Waals surface area (Å²) in [6.45, 7) is 0.651. The van der Waals surface area contributed by atoms with Crippen molar-refractivity contribution in [3.63, 3.8) is 0 Å². The summed E-state index contributed by atoms with van der Waals surface area (Å²) in [6, 6.07) is 5.38. The maximum Gasteiger partial charge on any atom is 0.296 e. The first-order chi connectivity index (χ1) is 14.1. The van der Waals surface area contributed by atoms with Gasteiger partial charge in [0.2, 0.25) is 5.88 Å². The number of hydrogen-bond acceptors (Lipinski definition) is 8. The Labute approximate surface area is 174 Å². The molecule has 152 valence electrons. The van der Waals surface area contributed by atoms with Crippen LogP contribution in [0.3, 0.4) is 0 Å². The molecule has 0 unspecified atom stereocenters. The third kappa shape index (κ3) is 3.60. The zero-order valence-corrected chi connectivity index (χ0v) is 16.4. The Balaban J connectivity index is 1.32. The van der Waals surface area contributed by atoms with Crippen molar-refractivity contribution < 1.29 is 24.1 Å². The fourth-order valence-electron chi connectivity index (χ4n) is 3.39. The third-order valence-corrected chi connectivity index (χ3v) is 5.41. The van der Waals surface area contributed by atoms with E-state index >= 15 is 0 Å². The number of pyridine rings is 2. The molecule has 29 heavy (non-hydrogen) atoms. The summed E-state index contributed by atoms with van der Waals surface area (Å²) in [5.74, 6) is 0.213. The van der Waals surface area contributed by atoms with E-state index in [2.05, 4.69) is 19.9 Å². The number of aliphatic hydroxyl groups is 1. The van der Waals surface area contributed by atoms with Gasteiger partial charge in [-0.2, -0.15) is 9.97 Å². The molecule has 2 N–H and O–H groups in total. The lowest BCUT2D eigenvalue weighted by Gasteiger charge is -2.15. The first kappa shape index (κ1) is 18.8. The number of rotatable bonds is 5. The number of fused-ring (bicyclic) bond motifs is 2. The third-order valence-electron chi connectivity index (χ3n) is 4.80. The van der Waals surface area contributed by atoms with Crippen LogP contribution in [0.15, 0.2) is 24.4 Å². The zero-order chi connectivity index (χ0) is 20.0. The van der Waals surface area contributed by atoms with Crippen molar-refractivity contribution in [1.29, 1.82) is 0 Å². The molecular weight excluding hydrogens is 423 g/mol. The maximum absolute atomic E-state index is 9.83. The van der Waals surface area contributed by atoms with Crippen molar-refractivity contribution in [1.82, 2.24) is 19.9 Å². The van der Waals surface area contributed by atoms with Crippen molar-refractivity contribution in [2.24, 2.45) is 0 Å². The van der Waals surface area contributed by atoms with E-state index in [1.165, 1.54) is 0 Å². The molecule has 0 radical (unpaired) electrons. The molecule has 0 spiro atoms. The van der Waals surface area contributed by atoms with Crippen LogP contribution in [0.2, 0.25) is 10.0 Å². The summed E-state index contributed by atoms with van der Waals surface area (Å²) in [5, 5.41) is 10.6. The molecule has 2 saturated heterocycles. The van der Waals surface area contributed by atoms with Crippen LogP contribution in [0.25, 0.3) is 11.2 Å². The predicted octanol–water partition coefficient (Wildman–Crippen LogP) is 2.14. The largest absolute Gasteiger partial charge is 0.470 e. The number of nitrogens with zero attached hydrogens (tertiary/aromatic N) is 3. The molecule has 3 aromatic rings. The van der Waals surface area contributed by atoms with Crippen LogP contribution in [0, 0.1) is 0 Å². The number of aromatic nitrogens is 4. The maximum atomic E-state index is 9.83. The molecule has 9 nitrogen and oxygen atoms in total. The van der Waals surface area contributed by atoms with Crippen LogP contribution in [0.4, 0.5) is 0 Å². The Morgan fingerprint density at radius 2 is 2.03 bits per heavy atom. The van der Waals surface area contributed by atoms with Gasteiger partial charge in [0.25, 0.3) is 6.01 Å². The topological polar surface area (TPSA) is 112 Å². The van der Waals surface area contributed by atoms with Crippen LogP contribution in [-0.4, -0.2) is 62.7 Å². The van der Waals surface area contributed by atoms with E-state index in [1.54, 1.807) is 24.4 Å². The highest BCUT2D eigenvalue weighted by Crippen LogP contribution is 2.31. The van der Waals surface area contributed by atoms with E-state index < -0.39 is 6.10 Å². The lowest BCUT2D eigenvalue weighted by Crippen LogP contribution is -2.34. The summed E-state index contributed by atoms with van der Waals surface area (Å²) < 4.78 is 22.6. The molecule has 3 aromatic heterocycles. The van der Waals surface area contributed by atoms with E-state index in [9.17, 15) is 5.11 Å².